The Hall–Kier alpha value is -1.45. The fraction of sp³-hybridized carbons (Fsp3) is 0.714. The van der Waals surface area contributed by atoms with Crippen LogP contribution in [-0.4, -0.2) is 35.3 Å². The maximum Gasteiger partial charge on any atom is 0.488 e. The zero-order chi connectivity index (χ0) is 10.8. The molecule has 1 aliphatic rings. The molecule has 0 amide bonds. The van der Waals surface area contributed by atoms with Crippen LogP contribution in [-0.2, 0) is 0 Å². The van der Waals surface area contributed by atoms with Crippen molar-refractivity contribution in [2.75, 3.05) is 6.54 Å². The maximum absolute atomic E-state index is 12.3. The second-order valence-corrected chi connectivity index (χ2v) is 2.77. The van der Waals surface area contributed by atoms with Crippen molar-refractivity contribution in [1.82, 2.24) is 9.91 Å². The molecule has 1 rings (SSSR count). The Morgan fingerprint density at radius 3 is 2.64 bits per heavy atom. The number of hydrazone groups is 1. The molecule has 78 valence electrons. The summed E-state index contributed by atoms with van der Waals surface area (Å²) in [6, 6.07) is 1.56. The van der Waals surface area contributed by atoms with E-state index in [9.17, 15) is 13.2 Å². The van der Waals surface area contributed by atoms with Crippen molar-refractivity contribution < 1.29 is 13.2 Å². The third kappa shape index (κ3) is 1.89. The smallest absolute Gasteiger partial charge is 0.259 e. The van der Waals surface area contributed by atoms with Crippen LogP contribution in [0, 0.1) is 11.3 Å². The zero-order valence-corrected chi connectivity index (χ0v) is 7.49. The molecule has 0 saturated heterocycles. The number of hydrogen-bond donors (Lipinski definition) is 0. The fourth-order valence-electron chi connectivity index (χ4n) is 1.13. The number of nitriles is 1. The molecular formula is C7H9F3N4. The lowest BCUT2D eigenvalue weighted by molar-refractivity contribution is -0.228. The van der Waals surface area contributed by atoms with Crippen LogP contribution in [0.15, 0.2) is 5.10 Å². The molecule has 1 heterocycles. The summed E-state index contributed by atoms with van der Waals surface area (Å²) in [5.74, 6) is 0. The van der Waals surface area contributed by atoms with Gasteiger partial charge in [0.25, 0.3) is 0 Å². The highest BCUT2D eigenvalue weighted by atomic mass is 19.4. The topological polar surface area (TPSA) is 42.6 Å². The van der Waals surface area contributed by atoms with Crippen molar-refractivity contribution in [2.45, 2.75) is 25.8 Å². The van der Waals surface area contributed by atoms with E-state index in [0.29, 0.717) is 19.3 Å². The second-order valence-electron chi connectivity index (χ2n) is 2.77. The SMILES string of the molecule is CCCN1N=CN(C(F)(F)F)C1C#N. The van der Waals surface area contributed by atoms with E-state index >= 15 is 0 Å². The summed E-state index contributed by atoms with van der Waals surface area (Å²) >= 11 is 0. The van der Waals surface area contributed by atoms with Crippen LogP contribution >= 0.6 is 0 Å². The van der Waals surface area contributed by atoms with E-state index in [2.05, 4.69) is 5.10 Å². The van der Waals surface area contributed by atoms with E-state index in [4.69, 9.17) is 5.26 Å². The van der Waals surface area contributed by atoms with E-state index in [1.807, 2.05) is 0 Å². The molecule has 0 aromatic rings. The minimum Gasteiger partial charge on any atom is -0.259 e. The third-order valence-corrected chi connectivity index (χ3v) is 1.73. The highest BCUT2D eigenvalue weighted by molar-refractivity contribution is 5.58. The maximum atomic E-state index is 12.3. The minimum atomic E-state index is -4.55. The molecule has 0 saturated carbocycles. The monoisotopic (exact) mass is 206 g/mol. The Morgan fingerprint density at radius 1 is 1.57 bits per heavy atom. The Balaban J connectivity index is 2.76. The number of alkyl halides is 3. The average molecular weight is 206 g/mol. The molecule has 0 radical (unpaired) electrons. The summed E-state index contributed by atoms with van der Waals surface area (Å²) in [5, 5.41) is 13.2. The van der Waals surface area contributed by atoms with Crippen LogP contribution in [0.1, 0.15) is 13.3 Å². The van der Waals surface area contributed by atoms with Crippen molar-refractivity contribution in [3.8, 4) is 6.07 Å². The summed E-state index contributed by atoms with van der Waals surface area (Å²) in [7, 11) is 0. The zero-order valence-electron chi connectivity index (χ0n) is 7.49. The predicted octanol–water partition coefficient (Wildman–Crippen LogP) is 1.33. The van der Waals surface area contributed by atoms with E-state index in [-0.39, 0.29) is 4.90 Å². The summed E-state index contributed by atoms with van der Waals surface area (Å²) < 4.78 is 36.8. The molecular weight excluding hydrogens is 197 g/mol. The van der Waals surface area contributed by atoms with E-state index in [1.165, 1.54) is 0 Å². The van der Waals surface area contributed by atoms with Gasteiger partial charge >= 0.3 is 6.30 Å². The first-order chi connectivity index (χ1) is 6.50. The number of nitrogens with zero attached hydrogens (tertiary/aromatic N) is 4. The van der Waals surface area contributed by atoms with Crippen LogP contribution in [0.5, 0.6) is 0 Å². The average Bonchev–Trinajstić information content (AvgIpc) is 2.47. The standard InChI is InChI=1S/C7H9F3N4/c1-2-3-14-6(4-11)13(5-12-14)7(8,9)10/h5-6H,2-3H2,1H3. The van der Waals surface area contributed by atoms with Crippen LogP contribution in [0.2, 0.25) is 0 Å². The first-order valence-electron chi connectivity index (χ1n) is 4.06. The summed E-state index contributed by atoms with van der Waals surface area (Å²) in [5.41, 5.74) is 0. The summed E-state index contributed by atoms with van der Waals surface area (Å²) in [4.78, 5) is -0.0112. The van der Waals surface area contributed by atoms with Crippen molar-refractivity contribution in [3.63, 3.8) is 0 Å². The molecule has 1 unspecified atom stereocenters. The van der Waals surface area contributed by atoms with E-state index in [1.54, 1.807) is 13.0 Å². The number of hydrogen-bond acceptors (Lipinski definition) is 4. The van der Waals surface area contributed by atoms with Crippen molar-refractivity contribution in [3.05, 3.63) is 0 Å². The first-order valence-corrected chi connectivity index (χ1v) is 4.06. The molecule has 0 bridgehead atoms. The van der Waals surface area contributed by atoms with Gasteiger partial charge in [-0.3, -0.25) is 5.01 Å². The van der Waals surface area contributed by atoms with Crippen molar-refractivity contribution in [1.29, 1.82) is 5.26 Å². The Bertz CT molecular complexity index is 267. The largest absolute Gasteiger partial charge is 0.488 e. The minimum absolute atomic E-state index is 0.0112. The number of rotatable bonds is 2. The predicted molar refractivity (Wildman–Crippen MR) is 42.8 cm³/mol. The van der Waals surface area contributed by atoms with Gasteiger partial charge in [0, 0.05) is 6.54 Å². The van der Waals surface area contributed by atoms with Crippen LogP contribution in [0.4, 0.5) is 13.2 Å². The van der Waals surface area contributed by atoms with Gasteiger partial charge in [-0.25, -0.2) is 4.90 Å². The Labute approximate surface area is 79.2 Å². The third-order valence-electron chi connectivity index (χ3n) is 1.73. The lowest BCUT2D eigenvalue weighted by atomic mass is 10.4. The highest BCUT2D eigenvalue weighted by Gasteiger charge is 2.45. The summed E-state index contributed by atoms with van der Waals surface area (Å²) in [6.45, 7) is 2.14. The quantitative estimate of drug-likeness (QED) is 0.640. The molecule has 1 atom stereocenters. The molecule has 0 aromatic carbocycles. The molecule has 1 aliphatic heterocycles. The van der Waals surface area contributed by atoms with Gasteiger partial charge < -0.3 is 0 Å². The van der Waals surface area contributed by atoms with Gasteiger partial charge in [0.05, 0.1) is 0 Å². The van der Waals surface area contributed by atoms with E-state index in [0.717, 1.165) is 5.01 Å². The molecule has 0 N–H and O–H groups in total. The van der Waals surface area contributed by atoms with Gasteiger partial charge in [-0.1, -0.05) is 6.92 Å². The molecule has 0 fully saturated rings. The molecule has 4 nitrogen and oxygen atoms in total. The lowest BCUT2D eigenvalue weighted by Crippen LogP contribution is -2.46. The molecule has 0 aromatic heterocycles. The molecule has 7 heteroatoms. The van der Waals surface area contributed by atoms with Crippen LogP contribution in [0.3, 0.4) is 0 Å². The van der Waals surface area contributed by atoms with Crippen molar-refractivity contribution >= 4 is 6.34 Å². The normalized spacial score (nSPS) is 21.5. The first kappa shape index (κ1) is 10.6. The summed E-state index contributed by atoms with van der Waals surface area (Å²) in [6.07, 6.45) is -4.63. The van der Waals surface area contributed by atoms with Gasteiger partial charge in [-0.2, -0.15) is 10.4 Å². The van der Waals surface area contributed by atoms with Gasteiger partial charge in [0.2, 0.25) is 6.17 Å². The van der Waals surface area contributed by atoms with Gasteiger partial charge in [0.1, 0.15) is 12.4 Å². The second kappa shape index (κ2) is 3.74. The van der Waals surface area contributed by atoms with Gasteiger partial charge in [0.15, 0.2) is 0 Å². The highest BCUT2D eigenvalue weighted by Crippen LogP contribution is 2.26. The molecule has 0 aliphatic carbocycles. The van der Waals surface area contributed by atoms with Crippen molar-refractivity contribution in [2.24, 2.45) is 5.10 Å². The lowest BCUT2D eigenvalue weighted by Gasteiger charge is -2.25. The fourth-order valence-corrected chi connectivity index (χ4v) is 1.13. The van der Waals surface area contributed by atoms with Gasteiger partial charge in [-0.05, 0) is 6.42 Å². The van der Waals surface area contributed by atoms with Gasteiger partial charge in [-0.15, -0.1) is 13.2 Å². The Morgan fingerprint density at radius 2 is 2.21 bits per heavy atom. The molecule has 14 heavy (non-hydrogen) atoms. The molecule has 0 spiro atoms. The van der Waals surface area contributed by atoms with Crippen LogP contribution in [0.25, 0.3) is 0 Å². The van der Waals surface area contributed by atoms with E-state index < -0.39 is 12.5 Å². The van der Waals surface area contributed by atoms with Crippen LogP contribution < -0.4 is 0 Å². The Kier molecular flexibility index (Phi) is 2.84. The number of halogens is 3.